The van der Waals surface area contributed by atoms with E-state index >= 15 is 0 Å². The predicted molar refractivity (Wildman–Crippen MR) is 168 cm³/mol. The maximum atomic E-state index is 14.6. The quantitative estimate of drug-likeness (QED) is 0.144. The van der Waals surface area contributed by atoms with E-state index in [1.807, 2.05) is 0 Å². The number of carbonyl (C=O) groups is 4. The molecule has 3 aliphatic heterocycles. The summed E-state index contributed by atoms with van der Waals surface area (Å²) in [5.41, 5.74) is -0.537. The molecule has 2 N–H and O–H groups in total. The maximum Gasteiger partial charge on any atom is 0.312 e. The molecule has 3 amide bonds. The molecule has 0 saturated carbocycles. The van der Waals surface area contributed by atoms with Gasteiger partial charge in [0.05, 0.1) is 31.6 Å². The fraction of sp³-hybridized carbons (Fsp3) is 0.588. The molecular formula is C34H47N3O8. The second-order valence-corrected chi connectivity index (χ2v) is 12.0. The molecule has 1 aromatic carbocycles. The molecule has 3 aliphatic rings. The van der Waals surface area contributed by atoms with Crippen LogP contribution in [0, 0.1) is 11.8 Å². The van der Waals surface area contributed by atoms with Gasteiger partial charge in [-0.15, -0.1) is 13.2 Å². The fourth-order valence-electron chi connectivity index (χ4n) is 6.95. The Bertz CT molecular complexity index is 1240. The van der Waals surface area contributed by atoms with E-state index in [-0.39, 0.29) is 37.4 Å². The highest BCUT2D eigenvalue weighted by Crippen LogP contribution is 2.59. The highest BCUT2D eigenvalue weighted by atomic mass is 16.6. The summed E-state index contributed by atoms with van der Waals surface area (Å²) < 4.78 is 17.6. The summed E-state index contributed by atoms with van der Waals surface area (Å²) in [5.74, 6) is -2.35. The Balaban J connectivity index is 1.59. The smallest absolute Gasteiger partial charge is 0.312 e. The van der Waals surface area contributed by atoms with Crippen LogP contribution < -0.4 is 15.0 Å². The number of carbonyl (C=O) groups excluding carboxylic acids is 4. The molecule has 11 nitrogen and oxygen atoms in total. The summed E-state index contributed by atoms with van der Waals surface area (Å²) in [5, 5.41) is 12.0. The molecule has 2 bridgehead atoms. The van der Waals surface area contributed by atoms with Crippen LogP contribution in [-0.2, 0) is 28.7 Å². The van der Waals surface area contributed by atoms with Crippen LogP contribution in [0.15, 0.2) is 49.6 Å². The third kappa shape index (κ3) is 7.25. The summed E-state index contributed by atoms with van der Waals surface area (Å²) in [7, 11) is 1.57. The molecule has 1 aromatic rings. The summed E-state index contributed by atoms with van der Waals surface area (Å²) in [6.45, 7) is 9.95. The third-order valence-corrected chi connectivity index (χ3v) is 9.05. The Morgan fingerprint density at radius 2 is 1.91 bits per heavy atom. The molecule has 0 radical (unpaired) electrons. The van der Waals surface area contributed by atoms with E-state index in [4.69, 9.17) is 14.2 Å². The number of nitrogens with zero attached hydrogens (tertiary/aromatic N) is 2. The van der Waals surface area contributed by atoms with Gasteiger partial charge in [0.15, 0.2) is 0 Å². The number of likely N-dealkylation sites (tertiary alicyclic amines) is 1. The van der Waals surface area contributed by atoms with Crippen molar-refractivity contribution >= 4 is 29.4 Å². The Morgan fingerprint density at radius 1 is 1.18 bits per heavy atom. The van der Waals surface area contributed by atoms with E-state index in [2.05, 4.69) is 18.5 Å². The van der Waals surface area contributed by atoms with Crippen molar-refractivity contribution in [2.75, 3.05) is 38.3 Å². The van der Waals surface area contributed by atoms with Gasteiger partial charge >= 0.3 is 5.97 Å². The number of benzene rings is 1. The number of fused-ring (bicyclic) bond motifs is 1. The minimum atomic E-state index is -1.17. The molecule has 3 heterocycles. The number of methoxy groups -OCH3 is 1. The summed E-state index contributed by atoms with van der Waals surface area (Å²) in [6, 6.07) is 6.18. The molecular weight excluding hydrogens is 578 g/mol. The van der Waals surface area contributed by atoms with Crippen molar-refractivity contribution in [1.29, 1.82) is 0 Å². The first-order chi connectivity index (χ1) is 21.7. The van der Waals surface area contributed by atoms with Gasteiger partial charge in [-0.1, -0.05) is 25.0 Å². The molecule has 0 unspecified atom stereocenters. The van der Waals surface area contributed by atoms with Crippen molar-refractivity contribution in [3.8, 4) is 5.75 Å². The fourth-order valence-corrected chi connectivity index (χ4v) is 6.95. The number of aliphatic hydroxyl groups is 1. The average molecular weight is 626 g/mol. The van der Waals surface area contributed by atoms with Gasteiger partial charge in [-0.05, 0) is 63.3 Å². The zero-order valence-corrected chi connectivity index (χ0v) is 26.4. The Hall–Kier alpha value is -3.70. The first kappa shape index (κ1) is 34.2. The number of nitrogens with one attached hydrogen (secondary N) is 1. The van der Waals surface area contributed by atoms with Crippen molar-refractivity contribution in [3.63, 3.8) is 0 Å². The van der Waals surface area contributed by atoms with Crippen LogP contribution in [0.3, 0.4) is 0 Å². The van der Waals surface area contributed by atoms with E-state index in [1.54, 1.807) is 60.3 Å². The van der Waals surface area contributed by atoms with E-state index in [0.717, 1.165) is 12.8 Å². The molecule has 246 valence electrons. The van der Waals surface area contributed by atoms with Crippen LogP contribution in [0.4, 0.5) is 5.69 Å². The number of allylic oxidation sites excluding steroid dienone is 1. The molecule has 45 heavy (non-hydrogen) atoms. The van der Waals surface area contributed by atoms with E-state index in [0.29, 0.717) is 56.5 Å². The lowest BCUT2D eigenvalue weighted by Crippen LogP contribution is -2.56. The molecule has 1 spiro atoms. The molecule has 6 atom stereocenters. The topological polar surface area (TPSA) is 135 Å². The number of esters is 1. The maximum absolute atomic E-state index is 14.6. The lowest BCUT2D eigenvalue weighted by molar-refractivity contribution is -0.159. The van der Waals surface area contributed by atoms with Gasteiger partial charge in [-0.3, -0.25) is 19.2 Å². The van der Waals surface area contributed by atoms with Crippen LogP contribution in [-0.4, -0.2) is 90.9 Å². The number of rotatable bonds is 18. The van der Waals surface area contributed by atoms with Gasteiger partial charge in [0.1, 0.15) is 23.5 Å². The number of hydrogen-bond donors (Lipinski definition) is 2. The second-order valence-electron chi connectivity index (χ2n) is 12.0. The standard InChI is InChI=1S/C34H47N3O8/c1-5-7-12-27(39)35-22-23(3)44-33(42)28-26-17-18-34(45-26)29(28)31(40)37(20-10-8-9-11-21-38)30(34)32(41)36(19-6-2)24-13-15-25(43-4)16-14-24/h5-6,13-16,23,26,28-30,38H,1-2,7-12,17-22H2,3-4H3,(H,35,39)/t23-,26-,28+,29+,30-,34+/m0/s1. The summed E-state index contributed by atoms with van der Waals surface area (Å²) in [4.78, 5) is 57.7. The van der Waals surface area contributed by atoms with Gasteiger partial charge in [-0.2, -0.15) is 0 Å². The van der Waals surface area contributed by atoms with Crippen molar-refractivity contribution in [2.45, 2.75) is 82.1 Å². The number of aliphatic hydroxyl groups excluding tert-OH is 1. The minimum absolute atomic E-state index is 0.100. The summed E-state index contributed by atoms with van der Waals surface area (Å²) >= 11 is 0. The van der Waals surface area contributed by atoms with Crippen molar-refractivity contribution < 1.29 is 38.5 Å². The average Bonchev–Trinajstić information content (AvgIpc) is 3.68. The molecule has 0 aromatic heterocycles. The Morgan fingerprint density at radius 3 is 2.58 bits per heavy atom. The van der Waals surface area contributed by atoms with Crippen LogP contribution >= 0.6 is 0 Å². The van der Waals surface area contributed by atoms with Gasteiger partial charge in [0.2, 0.25) is 11.8 Å². The van der Waals surface area contributed by atoms with Crippen molar-refractivity contribution in [2.24, 2.45) is 11.8 Å². The number of ether oxygens (including phenoxy) is 3. The van der Waals surface area contributed by atoms with Crippen LogP contribution in [0.1, 0.15) is 58.3 Å². The zero-order valence-electron chi connectivity index (χ0n) is 26.4. The van der Waals surface area contributed by atoms with Gasteiger partial charge in [0, 0.05) is 31.8 Å². The SMILES string of the molecule is C=CCCC(=O)NC[C@H](C)OC(=O)[C@@H]1[C@@H]2CC[C@]3(O2)[C@H](C(=O)N(CC=C)c2ccc(OC)cc2)N(CCCCCCO)C(=O)[C@@H]13. The van der Waals surface area contributed by atoms with Crippen molar-refractivity contribution in [3.05, 3.63) is 49.6 Å². The van der Waals surface area contributed by atoms with Gasteiger partial charge < -0.3 is 34.4 Å². The van der Waals surface area contributed by atoms with E-state index in [9.17, 15) is 24.3 Å². The first-order valence-corrected chi connectivity index (χ1v) is 16.0. The molecule has 3 fully saturated rings. The summed E-state index contributed by atoms with van der Waals surface area (Å²) in [6.07, 6.45) is 6.87. The minimum Gasteiger partial charge on any atom is -0.497 e. The van der Waals surface area contributed by atoms with Gasteiger partial charge in [0.25, 0.3) is 5.91 Å². The third-order valence-electron chi connectivity index (χ3n) is 9.05. The number of unbranched alkanes of at least 4 members (excludes halogenated alkanes) is 3. The lowest BCUT2D eigenvalue weighted by atomic mass is 9.70. The van der Waals surface area contributed by atoms with Crippen molar-refractivity contribution in [1.82, 2.24) is 10.2 Å². The monoisotopic (exact) mass is 625 g/mol. The number of amides is 3. The van der Waals surface area contributed by atoms with Gasteiger partial charge in [-0.25, -0.2) is 0 Å². The second kappa shape index (κ2) is 15.5. The number of hydrogen-bond acceptors (Lipinski definition) is 8. The van der Waals surface area contributed by atoms with Crippen LogP contribution in [0.5, 0.6) is 5.75 Å². The van der Waals surface area contributed by atoms with Crippen LogP contribution in [0.25, 0.3) is 0 Å². The Kier molecular flexibility index (Phi) is 11.8. The largest absolute Gasteiger partial charge is 0.497 e. The van der Waals surface area contributed by atoms with E-state index < -0.39 is 41.7 Å². The highest BCUT2D eigenvalue weighted by molar-refractivity contribution is 6.04. The first-order valence-electron chi connectivity index (χ1n) is 16.0. The molecule has 3 saturated heterocycles. The predicted octanol–water partition coefficient (Wildman–Crippen LogP) is 3.16. The normalized spacial score (nSPS) is 25.4. The highest BCUT2D eigenvalue weighted by Gasteiger charge is 2.75. The molecule has 11 heteroatoms. The lowest BCUT2D eigenvalue weighted by Gasteiger charge is -2.36. The van der Waals surface area contributed by atoms with Crippen LogP contribution in [0.2, 0.25) is 0 Å². The number of anilines is 1. The van der Waals surface area contributed by atoms with E-state index in [1.165, 1.54) is 0 Å². The zero-order chi connectivity index (χ0) is 32.6. The molecule has 0 aliphatic carbocycles. The molecule has 4 rings (SSSR count). The Labute approximate surface area is 265 Å².